The highest BCUT2D eigenvalue weighted by Gasteiger charge is 2.21. The van der Waals surface area contributed by atoms with Crippen LogP contribution in [0.4, 0.5) is 39.8 Å². The molecule has 0 aliphatic heterocycles. The molecule has 17 heteroatoms. The first-order valence-electron chi connectivity index (χ1n) is 12.6. The van der Waals surface area contributed by atoms with Crippen LogP contribution in [0.1, 0.15) is 0 Å². The zero-order valence-corrected chi connectivity index (χ0v) is 24.2. The van der Waals surface area contributed by atoms with E-state index in [9.17, 15) is 41.2 Å². The number of rotatable bonds is 9. The highest BCUT2D eigenvalue weighted by molar-refractivity contribution is 7.86. The standard InChI is InChI=1S/C28H20N6O9S2/c35-22-12-9-20(10-13-22)31-33-28-25(44(38,39)40)15-4-17-2-1-3-24(27(17)28)32-30-19-7-5-18(6-8-19)29-23-14-11-21(34(36)37)16-26(23)45(41,42)43/h1-16,29,35H,(H,38,39,40)(H,41,42,43). The zero-order chi connectivity index (χ0) is 32.4. The fourth-order valence-corrected chi connectivity index (χ4v) is 5.45. The van der Waals surface area contributed by atoms with E-state index in [1.807, 2.05) is 0 Å². The van der Waals surface area contributed by atoms with Crippen molar-refractivity contribution in [2.24, 2.45) is 20.5 Å². The summed E-state index contributed by atoms with van der Waals surface area (Å²) in [7, 11) is -9.52. The van der Waals surface area contributed by atoms with E-state index < -0.39 is 40.6 Å². The summed E-state index contributed by atoms with van der Waals surface area (Å²) < 4.78 is 67.5. The van der Waals surface area contributed by atoms with Gasteiger partial charge in [-0.2, -0.15) is 27.1 Å². The lowest BCUT2D eigenvalue weighted by Gasteiger charge is -2.10. The molecule has 5 aromatic carbocycles. The van der Waals surface area contributed by atoms with Gasteiger partial charge in [-0.25, -0.2) is 0 Å². The molecule has 0 aliphatic rings. The highest BCUT2D eigenvalue weighted by Crippen LogP contribution is 2.40. The predicted molar refractivity (Wildman–Crippen MR) is 163 cm³/mol. The maximum Gasteiger partial charge on any atom is 0.296 e. The van der Waals surface area contributed by atoms with Crippen molar-refractivity contribution in [1.29, 1.82) is 0 Å². The summed E-state index contributed by atoms with van der Waals surface area (Å²) in [5.41, 5.74) is 0.375. The minimum atomic E-state index is -4.79. The van der Waals surface area contributed by atoms with Crippen LogP contribution in [-0.4, -0.2) is 36.0 Å². The lowest BCUT2D eigenvalue weighted by molar-refractivity contribution is -0.385. The van der Waals surface area contributed by atoms with Crippen LogP contribution in [0.5, 0.6) is 5.75 Å². The summed E-state index contributed by atoms with van der Waals surface area (Å²) in [6.45, 7) is 0. The number of phenols is 1. The Hall–Kier alpha value is -5.62. The van der Waals surface area contributed by atoms with E-state index in [1.54, 1.807) is 18.2 Å². The molecule has 15 nitrogen and oxygen atoms in total. The van der Waals surface area contributed by atoms with E-state index in [0.29, 0.717) is 22.4 Å². The van der Waals surface area contributed by atoms with Gasteiger partial charge < -0.3 is 10.4 Å². The van der Waals surface area contributed by atoms with Crippen molar-refractivity contribution in [2.75, 3.05) is 5.32 Å². The van der Waals surface area contributed by atoms with Gasteiger partial charge in [0.05, 0.1) is 27.7 Å². The molecule has 0 unspecified atom stereocenters. The van der Waals surface area contributed by atoms with Crippen LogP contribution < -0.4 is 5.32 Å². The molecule has 0 saturated carbocycles. The minimum Gasteiger partial charge on any atom is -0.508 e. The molecule has 0 radical (unpaired) electrons. The Morgan fingerprint density at radius 1 is 0.689 bits per heavy atom. The fraction of sp³-hybridized carbons (Fsp3) is 0. The maximum atomic E-state index is 12.2. The van der Waals surface area contributed by atoms with Crippen molar-refractivity contribution >= 4 is 70.8 Å². The van der Waals surface area contributed by atoms with Gasteiger partial charge >= 0.3 is 0 Å². The van der Waals surface area contributed by atoms with E-state index in [2.05, 4.69) is 25.8 Å². The highest BCUT2D eigenvalue weighted by atomic mass is 32.2. The lowest BCUT2D eigenvalue weighted by atomic mass is 10.1. The number of azo groups is 2. The van der Waals surface area contributed by atoms with Gasteiger partial charge in [0.15, 0.2) is 0 Å². The molecule has 0 heterocycles. The van der Waals surface area contributed by atoms with Crippen LogP contribution >= 0.6 is 0 Å². The van der Waals surface area contributed by atoms with E-state index >= 15 is 0 Å². The minimum absolute atomic E-state index is 0.00143. The zero-order valence-electron chi connectivity index (χ0n) is 22.6. The number of phenolic OH excluding ortho intramolecular Hbond substituents is 1. The molecule has 0 fully saturated rings. The normalized spacial score (nSPS) is 12.2. The van der Waals surface area contributed by atoms with Crippen LogP contribution in [0.25, 0.3) is 10.8 Å². The van der Waals surface area contributed by atoms with Gasteiger partial charge in [0, 0.05) is 23.2 Å². The maximum absolute atomic E-state index is 12.2. The molecule has 5 aromatic rings. The number of aromatic hydroxyl groups is 1. The Kier molecular flexibility index (Phi) is 8.34. The average Bonchev–Trinajstić information content (AvgIpc) is 2.99. The third-order valence-electron chi connectivity index (χ3n) is 6.23. The number of non-ortho nitro benzene ring substituents is 1. The van der Waals surface area contributed by atoms with Gasteiger partial charge in [-0.15, -0.1) is 10.2 Å². The van der Waals surface area contributed by atoms with Gasteiger partial charge in [0.1, 0.15) is 21.2 Å². The molecule has 0 aromatic heterocycles. The van der Waals surface area contributed by atoms with E-state index in [4.69, 9.17) is 0 Å². The van der Waals surface area contributed by atoms with Crippen LogP contribution in [0, 0.1) is 10.1 Å². The molecule has 0 amide bonds. The van der Waals surface area contributed by atoms with Crippen molar-refractivity contribution in [3.63, 3.8) is 0 Å². The SMILES string of the molecule is O=[N+]([O-])c1ccc(Nc2ccc(N=Nc3cccc4ccc(S(=O)(=O)O)c(N=Nc5ccc(O)cc5)c34)cc2)c(S(=O)(=O)O)c1. The van der Waals surface area contributed by atoms with Gasteiger partial charge in [-0.05, 0) is 72.1 Å². The quantitative estimate of drug-likeness (QED) is 0.0530. The van der Waals surface area contributed by atoms with E-state index in [-0.39, 0.29) is 28.2 Å². The van der Waals surface area contributed by atoms with Crippen molar-refractivity contribution in [3.8, 4) is 5.75 Å². The number of fused-ring (bicyclic) bond motifs is 1. The summed E-state index contributed by atoms with van der Waals surface area (Å²) in [5.74, 6) is -0.00143. The molecule has 45 heavy (non-hydrogen) atoms. The Balaban J connectivity index is 1.49. The second-order valence-corrected chi connectivity index (χ2v) is 12.0. The summed E-state index contributed by atoms with van der Waals surface area (Å²) in [5, 5.41) is 40.7. The molecule has 0 aliphatic carbocycles. The Morgan fingerprint density at radius 3 is 1.93 bits per heavy atom. The van der Waals surface area contributed by atoms with Crippen molar-refractivity contribution < 1.29 is 36.0 Å². The second kappa shape index (κ2) is 12.2. The average molecular weight is 649 g/mol. The third-order valence-corrected chi connectivity index (χ3v) is 8.00. The van der Waals surface area contributed by atoms with Crippen LogP contribution in [0.3, 0.4) is 0 Å². The number of benzene rings is 5. The monoisotopic (exact) mass is 648 g/mol. The molecular formula is C28H20N6O9S2. The van der Waals surface area contributed by atoms with E-state index in [0.717, 1.165) is 18.2 Å². The third kappa shape index (κ3) is 7.13. The molecule has 0 bridgehead atoms. The van der Waals surface area contributed by atoms with Crippen molar-refractivity contribution in [2.45, 2.75) is 9.79 Å². The largest absolute Gasteiger partial charge is 0.508 e. The molecule has 0 saturated heterocycles. The summed E-state index contributed by atoms with van der Waals surface area (Å²) in [4.78, 5) is 9.06. The Bertz CT molecular complexity index is 2220. The fourth-order valence-electron chi connectivity index (χ4n) is 4.16. The topological polar surface area (TPSA) is 234 Å². The number of nitro groups is 1. The van der Waals surface area contributed by atoms with Gasteiger partial charge in [0.2, 0.25) is 0 Å². The van der Waals surface area contributed by atoms with Crippen molar-refractivity contribution in [1.82, 2.24) is 0 Å². The summed E-state index contributed by atoms with van der Waals surface area (Å²) in [6, 6.07) is 22.3. The smallest absolute Gasteiger partial charge is 0.296 e. The molecule has 228 valence electrons. The summed E-state index contributed by atoms with van der Waals surface area (Å²) in [6.07, 6.45) is 0. The first-order valence-corrected chi connectivity index (χ1v) is 15.5. The number of nitrogens with zero attached hydrogens (tertiary/aromatic N) is 5. The number of nitrogens with one attached hydrogen (secondary N) is 1. The number of anilines is 2. The molecule has 0 atom stereocenters. The number of hydrogen-bond donors (Lipinski definition) is 4. The molecule has 0 spiro atoms. The molecule has 4 N–H and O–H groups in total. The first-order chi connectivity index (χ1) is 21.3. The predicted octanol–water partition coefficient (Wildman–Crippen LogP) is 7.52. The Morgan fingerprint density at radius 2 is 1.31 bits per heavy atom. The molecule has 5 rings (SSSR count). The number of hydrogen-bond acceptors (Lipinski definition) is 12. The van der Waals surface area contributed by atoms with Gasteiger partial charge in [0.25, 0.3) is 25.9 Å². The Labute approximate surface area is 254 Å². The van der Waals surface area contributed by atoms with Crippen LogP contribution in [0.2, 0.25) is 0 Å². The van der Waals surface area contributed by atoms with Gasteiger partial charge in [-0.1, -0.05) is 18.2 Å². The van der Waals surface area contributed by atoms with Crippen molar-refractivity contribution in [3.05, 3.63) is 107 Å². The molecular weight excluding hydrogens is 628 g/mol. The van der Waals surface area contributed by atoms with Crippen LogP contribution in [-0.2, 0) is 20.2 Å². The first kappa shape index (κ1) is 30.8. The van der Waals surface area contributed by atoms with E-state index in [1.165, 1.54) is 60.7 Å². The second-order valence-electron chi connectivity index (χ2n) is 9.26. The summed E-state index contributed by atoms with van der Waals surface area (Å²) >= 11 is 0. The van der Waals surface area contributed by atoms with Gasteiger partial charge in [-0.3, -0.25) is 19.2 Å². The van der Waals surface area contributed by atoms with Crippen LogP contribution in [0.15, 0.2) is 127 Å². The lowest BCUT2D eigenvalue weighted by Crippen LogP contribution is -2.04. The number of nitro benzene ring substituents is 1.